The minimum absolute atomic E-state index is 0.170. The van der Waals surface area contributed by atoms with E-state index in [1.54, 1.807) is 48.5 Å². The van der Waals surface area contributed by atoms with Crippen LogP contribution in [0.25, 0.3) is 10.9 Å². The molecule has 152 valence electrons. The van der Waals surface area contributed by atoms with Gasteiger partial charge in [-0.05, 0) is 49.7 Å². The summed E-state index contributed by atoms with van der Waals surface area (Å²) in [6.45, 7) is 4.75. The molecule has 0 unspecified atom stereocenters. The zero-order valence-electron chi connectivity index (χ0n) is 16.5. The molecule has 0 aliphatic heterocycles. The Morgan fingerprint density at radius 1 is 1.03 bits per heavy atom. The van der Waals surface area contributed by atoms with Gasteiger partial charge in [0.15, 0.2) is 6.61 Å². The smallest absolute Gasteiger partial charge is 0.276 e. The third kappa shape index (κ3) is 5.04. The lowest BCUT2D eigenvalue weighted by Gasteiger charge is -2.14. The van der Waals surface area contributed by atoms with Crippen molar-refractivity contribution in [1.82, 2.24) is 15.0 Å². The molecule has 0 saturated carbocycles. The van der Waals surface area contributed by atoms with Crippen LogP contribution < -0.4 is 25.9 Å². The number of nitrogens with zero attached hydrogens (tertiary/aromatic N) is 2. The fourth-order valence-corrected chi connectivity index (χ4v) is 2.72. The van der Waals surface area contributed by atoms with E-state index in [1.807, 2.05) is 13.8 Å². The summed E-state index contributed by atoms with van der Waals surface area (Å²) in [5.41, 5.74) is 5.62. The van der Waals surface area contributed by atoms with Gasteiger partial charge in [0, 0.05) is 6.54 Å². The van der Waals surface area contributed by atoms with Crippen LogP contribution in [0.15, 0.2) is 53.3 Å². The fourth-order valence-electron chi connectivity index (χ4n) is 2.72. The van der Waals surface area contributed by atoms with E-state index in [4.69, 9.17) is 9.47 Å². The lowest BCUT2D eigenvalue weighted by atomic mass is 10.2. The third-order valence-electron chi connectivity index (χ3n) is 4.16. The summed E-state index contributed by atoms with van der Waals surface area (Å²) in [5.74, 6) is 1.17. The van der Waals surface area contributed by atoms with Crippen molar-refractivity contribution in [2.45, 2.75) is 26.8 Å². The average Bonchev–Trinajstić information content (AvgIpc) is 2.75. The molecule has 0 radical (unpaired) electrons. The molecule has 3 aromatic rings. The van der Waals surface area contributed by atoms with Crippen molar-refractivity contribution in [1.29, 1.82) is 0 Å². The molecular formula is C21H24N4O4. The molecule has 0 atom stereocenters. The lowest BCUT2D eigenvalue weighted by Crippen LogP contribution is -2.37. The number of hydrazine groups is 1. The zero-order chi connectivity index (χ0) is 20.6. The van der Waals surface area contributed by atoms with Crippen molar-refractivity contribution in [3.8, 4) is 11.5 Å². The van der Waals surface area contributed by atoms with Gasteiger partial charge in [-0.1, -0.05) is 19.1 Å². The summed E-state index contributed by atoms with van der Waals surface area (Å²) < 4.78 is 12.4. The summed E-state index contributed by atoms with van der Waals surface area (Å²) in [6.07, 6.45) is 0.934. The first-order chi connectivity index (χ1) is 14.1. The van der Waals surface area contributed by atoms with Crippen LogP contribution in [0.5, 0.6) is 11.5 Å². The number of carbonyl (C=O) groups excluding carboxylic acids is 1. The van der Waals surface area contributed by atoms with E-state index in [-0.39, 0.29) is 18.1 Å². The van der Waals surface area contributed by atoms with Crippen molar-refractivity contribution in [2.24, 2.45) is 0 Å². The van der Waals surface area contributed by atoms with Crippen molar-refractivity contribution in [3.63, 3.8) is 0 Å². The SMILES string of the molecule is CCCOc1ccc(OCC(=O)NNc2nc3ccccc3c(=O)n2CC)cc1. The number of amides is 1. The number of para-hydroxylation sites is 1. The van der Waals surface area contributed by atoms with Gasteiger partial charge in [0.2, 0.25) is 5.95 Å². The number of hydrogen-bond acceptors (Lipinski definition) is 6. The Balaban J connectivity index is 1.59. The van der Waals surface area contributed by atoms with Gasteiger partial charge in [-0.3, -0.25) is 25.0 Å². The van der Waals surface area contributed by atoms with Gasteiger partial charge >= 0.3 is 0 Å². The highest BCUT2D eigenvalue weighted by Gasteiger charge is 2.10. The van der Waals surface area contributed by atoms with Crippen LogP contribution in [0.4, 0.5) is 5.95 Å². The molecule has 3 rings (SSSR count). The monoisotopic (exact) mass is 396 g/mol. The van der Waals surface area contributed by atoms with Crippen LogP contribution in [-0.2, 0) is 11.3 Å². The molecule has 8 heteroatoms. The molecular weight excluding hydrogens is 372 g/mol. The molecule has 0 aliphatic carbocycles. The highest BCUT2D eigenvalue weighted by atomic mass is 16.5. The molecule has 2 aromatic carbocycles. The molecule has 0 aliphatic rings. The quantitative estimate of drug-likeness (QED) is 0.540. The van der Waals surface area contributed by atoms with Crippen LogP contribution in [0, 0.1) is 0 Å². The van der Waals surface area contributed by atoms with E-state index >= 15 is 0 Å². The highest BCUT2D eigenvalue weighted by molar-refractivity contribution is 5.80. The van der Waals surface area contributed by atoms with E-state index in [1.165, 1.54) is 4.57 Å². The standard InChI is InChI=1S/C21H24N4O4/c1-3-13-28-15-9-11-16(12-10-15)29-14-19(26)23-24-21-22-18-8-6-5-7-17(18)20(27)25(21)4-2/h5-12H,3-4,13-14H2,1-2H3,(H,22,24)(H,23,26). The minimum Gasteiger partial charge on any atom is -0.494 e. The number of ether oxygens (including phenoxy) is 2. The Labute approximate surface area is 168 Å². The number of anilines is 1. The molecule has 8 nitrogen and oxygen atoms in total. The number of aromatic nitrogens is 2. The molecule has 1 heterocycles. The Bertz CT molecular complexity index is 1030. The van der Waals surface area contributed by atoms with Crippen LogP contribution in [0.1, 0.15) is 20.3 Å². The maximum Gasteiger partial charge on any atom is 0.276 e. The van der Waals surface area contributed by atoms with E-state index in [2.05, 4.69) is 15.8 Å². The van der Waals surface area contributed by atoms with Gasteiger partial charge in [-0.25, -0.2) is 4.98 Å². The maximum absolute atomic E-state index is 12.6. The topological polar surface area (TPSA) is 94.5 Å². The van der Waals surface area contributed by atoms with E-state index in [9.17, 15) is 9.59 Å². The average molecular weight is 396 g/mol. The lowest BCUT2D eigenvalue weighted by molar-refractivity contribution is -0.122. The summed E-state index contributed by atoms with van der Waals surface area (Å²) >= 11 is 0. The summed E-state index contributed by atoms with van der Waals surface area (Å²) in [4.78, 5) is 29.1. The molecule has 0 spiro atoms. The zero-order valence-corrected chi connectivity index (χ0v) is 16.5. The number of rotatable bonds is 9. The minimum atomic E-state index is -0.402. The predicted molar refractivity (Wildman–Crippen MR) is 111 cm³/mol. The summed E-state index contributed by atoms with van der Waals surface area (Å²) in [6, 6.07) is 14.1. The predicted octanol–water partition coefficient (Wildman–Crippen LogP) is 2.73. The van der Waals surface area contributed by atoms with Gasteiger partial charge in [0.05, 0.1) is 17.5 Å². The van der Waals surface area contributed by atoms with Crippen molar-refractivity contribution in [3.05, 3.63) is 58.9 Å². The first-order valence-corrected chi connectivity index (χ1v) is 9.52. The first kappa shape index (κ1) is 20.2. The molecule has 1 amide bonds. The van der Waals surface area contributed by atoms with Crippen molar-refractivity contribution in [2.75, 3.05) is 18.6 Å². The summed E-state index contributed by atoms with van der Waals surface area (Å²) in [5, 5.41) is 0.529. The van der Waals surface area contributed by atoms with E-state index in [0.717, 1.165) is 12.2 Å². The first-order valence-electron chi connectivity index (χ1n) is 9.52. The Hall–Kier alpha value is -3.55. The van der Waals surface area contributed by atoms with Crippen LogP contribution in [0.3, 0.4) is 0 Å². The molecule has 2 N–H and O–H groups in total. The molecule has 0 saturated heterocycles. The van der Waals surface area contributed by atoms with Gasteiger partial charge in [0.25, 0.3) is 11.5 Å². The maximum atomic E-state index is 12.6. The molecule has 0 fully saturated rings. The van der Waals surface area contributed by atoms with Crippen molar-refractivity contribution < 1.29 is 14.3 Å². The fraction of sp³-hybridized carbons (Fsp3) is 0.286. The van der Waals surface area contributed by atoms with Crippen molar-refractivity contribution >= 4 is 22.8 Å². The van der Waals surface area contributed by atoms with Gasteiger partial charge in [0.1, 0.15) is 11.5 Å². The summed E-state index contributed by atoms with van der Waals surface area (Å²) in [7, 11) is 0. The Kier molecular flexibility index (Phi) is 6.67. The largest absolute Gasteiger partial charge is 0.494 e. The third-order valence-corrected chi connectivity index (χ3v) is 4.16. The Morgan fingerprint density at radius 3 is 2.41 bits per heavy atom. The number of nitrogens with one attached hydrogen (secondary N) is 2. The normalized spacial score (nSPS) is 10.6. The number of benzene rings is 2. The second-order valence-corrected chi connectivity index (χ2v) is 6.28. The number of fused-ring (bicyclic) bond motifs is 1. The number of hydrogen-bond donors (Lipinski definition) is 2. The van der Waals surface area contributed by atoms with Gasteiger partial charge < -0.3 is 9.47 Å². The second kappa shape index (κ2) is 9.59. The van der Waals surface area contributed by atoms with Crippen LogP contribution in [-0.4, -0.2) is 28.7 Å². The second-order valence-electron chi connectivity index (χ2n) is 6.28. The molecule has 0 bridgehead atoms. The number of carbonyl (C=O) groups is 1. The highest BCUT2D eigenvalue weighted by Crippen LogP contribution is 2.17. The van der Waals surface area contributed by atoms with Crippen LogP contribution >= 0.6 is 0 Å². The Morgan fingerprint density at radius 2 is 1.72 bits per heavy atom. The molecule has 1 aromatic heterocycles. The van der Waals surface area contributed by atoms with E-state index < -0.39 is 5.91 Å². The van der Waals surface area contributed by atoms with Crippen LogP contribution in [0.2, 0.25) is 0 Å². The van der Waals surface area contributed by atoms with Gasteiger partial charge in [-0.2, -0.15) is 0 Å². The molecule has 29 heavy (non-hydrogen) atoms. The van der Waals surface area contributed by atoms with Gasteiger partial charge in [-0.15, -0.1) is 0 Å². The van der Waals surface area contributed by atoms with E-state index in [0.29, 0.717) is 29.8 Å².